The molecule has 0 amide bonds. The Morgan fingerprint density at radius 1 is 1.86 bits per heavy atom. The fourth-order valence-electron chi connectivity index (χ4n) is 0.204. The van der Waals surface area contributed by atoms with E-state index < -0.39 is 0 Å². The Bertz CT molecular complexity index is 76.2. The van der Waals surface area contributed by atoms with Crippen molar-refractivity contribution >= 4 is 18.5 Å². The molecule has 0 N–H and O–H groups in total. The summed E-state index contributed by atoms with van der Waals surface area (Å²) in [5.41, 5.74) is 0. The summed E-state index contributed by atoms with van der Waals surface area (Å²) in [4.78, 5) is 0. The van der Waals surface area contributed by atoms with Crippen LogP contribution in [0.4, 0.5) is 0 Å². The van der Waals surface area contributed by atoms with Crippen LogP contribution in [0.25, 0.3) is 0 Å². The molecule has 0 aliphatic rings. The molecule has 0 bridgehead atoms. The Balaban J connectivity index is 2.86. The second kappa shape index (κ2) is 4.37. The minimum Gasteiger partial charge on any atom is -0.198 e. The first kappa shape index (κ1) is 7.21. The maximum atomic E-state index is 8.02. The Hall–Kier alpha value is 0.210. The quantitative estimate of drug-likeness (QED) is 0.533. The van der Waals surface area contributed by atoms with Gasteiger partial charge < -0.3 is 0 Å². The first-order chi connectivity index (χ1) is 3.27. The summed E-state index contributed by atoms with van der Waals surface area (Å²) < 4.78 is 0. The van der Waals surface area contributed by atoms with E-state index in [0.29, 0.717) is 6.42 Å². The van der Waals surface area contributed by atoms with Crippen LogP contribution >= 0.6 is 18.5 Å². The van der Waals surface area contributed by atoms with Gasteiger partial charge in [0.15, 0.2) is 0 Å². The third kappa shape index (κ3) is 6.21. The Kier molecular flexibility index (Phi) is 4.50. The second-order valence-corrected chi connectivity index (χ2v) is 4.62. The average Bonchev–Trinajstić information content (AvgIpc) is 1.61. The second-order valence-electron chi connectivity index (χ2n) is 1.24. The third-order valence-electron chi connectivity index (χ3n) is 0.532. The molecule has 1 nitrogen and oxygen atoms in total. The summed E-state index contributed by atoms with van der Waals surface area (Å²) in [5.74, 6) is 0. The summed E-state index contributed by atoms with van der Waals surface area (Å²) in [5, 5.41) is 8.02. The highest BCUT2D eigenvalue weighted by Gasteiger charge is 1.90. The Morgan fingerprint density at radius 2 is 2.43 bits per heavy atom. The van der Waals surface area contributed by atoms with Crippen LogP contribution in [-0.2, 0) is 0 Å². The van der Waals surface area contributed by atoms with Gasteiger partial charge >= 0.3 is 0 Å². The SMILES string of the molecule is CP(Cl)CCC#N. The zero-order chi connectivity index (χ0) is 5.70. The van der Waals surface area contributed by atoms with Crippen molar-refractivity contribution in [3.05, 3.63) is 0 Å². The molecule has 0 radical (unpaired) electrons. The van der Waals surface area contributed by atoms with Crippen molar-refractivity contribution in [2.24, 2.45) is 0 Å². The molecule has 1 atom stereocenters. The number of nitriles is 1. The predicted octanol–water partition coefficient (Wildman–Crippen LogP) is 2.17. The van der Waals surface area contributed by atoms with Gasteiger partial charge in [0.1, 0.15) is 0 Å². The van der Waals surface area contributed by atoms with Crippen molar-refractivity contribution in [2.75, 3.05) is 12.8 Å². The van der Waals surface area contributed by atoms with Crippen molar-refractivity contribution in [2.45, 2.75) is 6.42 Å². The van der Waals surface area contributed by atoms with Crippen LogP contribution in [-0.4, -0.2) is 12.8 Å². The van der Waals surface area contributed by atoms with Crippen molar-refractivity contribution < 1.29 is 0 Å². The fourth-order valence-corrected chi connectivity index (χ4v) is 0.866. The molecule has 0 fully saturated rings. The van der Waals surface area contributed by atoms with Gasteiger partial charge in [0, 0.05) is 6.42 Å². The van der Waals surface area contributed by atoms with Crippen LogP contribution < -0.4 is 0 Å². The summed E-state index contributed by atoms with van der Waals surface area (Å²) in [7, 11) is -0.357. The molecule has 0 aliphatic carbocycles. The zero-order valence-electron chi connectivity index (χ0n) is 4.19. The molecule has 0 saturated carbocycles. The van der Waals surface area contributed by atoms with Gasteiger partial charge in [-0.25, -0.2) is 0 Å². The van der Waals surface area contributed by atoms with Gasteiger partial charge in [-0.05, 0) is 20.1 Å². The van der Waals surface area contributed by atoms with E-state index >= 15 is 0 Å². The molecule has 0 aromatic carbocycles. The smallest absolute Gasteiger partial charge is 0.0625 e. The van der Waals surface area contributed by atoms with E-state index in [-0.39, 0.29) is 7.27 Å². The standard InChI is InChI=1S/C4H7ClNP/c1-7(5)4-2-3-6/h2,4H2,1H3. The maximum absolute atomic E-state index is 8.02. The van der Waals surface area contributed by atoms with Crippen molar-refractivity contribution in [1.29, 1.82) is 5.26 Å². The van der Waals surface area contributed by atoms with Crippen LogP contribution in [0.15, 0.2) is 0 Å². The molecule has 0 aliphatic heterocycles. The number of halogens is 1. The molecule has 0 saturated heterocycles. The minimum absolute atomic E-state index is 0.357. The summed E-state index contributed by atoms with van der Waals surface area (Å²) >= 11 is 5.57. The lowest BCUT2D eigenvalue weighted by Gasteiger charge is -1.92. The van der Waals surface area contributed by atoms with Gasteiger partial charge in [-0.2, -0.15) is 5.26 Å². The molecular weight excluding hydrogens is 128 g/mol. The topological polar surface area (TPSA) is 23.8 Å². The lowest BCUT2D eigenvalue weighted by atomic mass is 10.6. The Labute approximate surface area is 49.8 Å². The monoisotopic (exact) mass is 135 g/mol. The van der Waals surface area contributed by atoms with E-state index in [0.717, 1.165) is 6.16 Å². The molecule has 3 heteroatoms. The molecule has 0 heterocycles. The highest BCUT2D eigenvalue weighted by molar-refractivity contribution is 7.83. The van der Waals surface area contributed by atoms with Crippen molar-refractivity contribution in [3.8, 4) is 6.07 Å². The molecule has 1 unspecified atom stereocenters. The van der Waals surface area contributed by atoms with Crippen molar-refractivity contribution in [1.82, 2.24) is 0 Å². The van der Waals surface area contributed by atoms with E-state index in [4.69, 9.17) is 16.5 Å². The predicted molar refractivity (Wildman–Crippen MR) is 33.8 cm³/mol. The normalized spacial score (nSPS) is 12.7. The van der Waals surface area contributed by atoms with E-state index in [1.807, 2.05) is 12.7 Å². The lowest BCUT2D eigenvalue weighted by Crippen LogP contribution is -1.71. The van der Waals surface area contributed by atoms with Crippen molar-refractivity contribution in [3.63, 3.8) is 0 Å². The zero-order valence-corrected chi connectivity index (χ0v) is 5.84. The van der Waals surface area contributed by atoms with Crippen LogP contribution in [0.1, 0.15) is 6.42 Å². The molecule has 0 aromatic rings. The van der Waals surface area contributed by atoms with E-state index in [2.05, 4.69) is 0 Å². The third-order valence-corrected chi connectivity index (χ3v) is 1.88. The van der Waals surface area contributed by atoms with Gasteiger partial charge in [-0.15, -0.1) is 0 Å². The molecule has 40 valence electrons. The first-order valence-electron chi connectivity index (χ1n) is 2.01. The van der Waals surface area contributed by atoms with Gasteiger partial charge in [-0.3, -0.25) is 0 Å². The molecule has 0 aromatic heterocycles. The minimum atomic E-state index is -0.357. The van der Waals surface area contributed by atoms with E-state index in [1.54, 1.807) is 0 Å². The van der Waals surface area contributed by atoms with Crippen LogP contribution in [0.5, 0.6) is 0 Å². The van der Waals surface area contributed by atoms with Crippen LogP contribution in [0, 0.1) is 11.3 Å². The summed E-state index contributed by atoms with van der Waals surface area (Å²) in [6.07, 6.45) is 1.47. The Morgan fingerprint density at radius 3 is 2.57 bits per heavy atom. The fraction of sp³-hybridized carbons (Fsp3) is 0.750. The van der Waals surface area contributed by atoms with Gasteiger partial charge in [0.25, 0.3) is 0 Å². The number of hydrogen-bond acceptors (Lipinski definition) is 1. The van der Waals surface area contributed by atoms with Gasteiger partial charge in [0.05, 0.1) is 6.07 Å². The molecule has 0 rings (SSSR count). The van der Waals surface area contributed by atoms with E-state index in [1.165, 1.54) is 0 Å². The van der Waals surface area contributed by atoms with Gasteiger partial charge in [0.2, 0.25) is 0 Å². The molecule has 7 heavy (non-hydrogen) atoms. The summed E-state index contributed by atoms with van der Waals surface area (Å²) in [6.45, 7) is 1.95. The van der Waals surface area contributed by atoms with Crippen LogP contribution in [0.3, 0.4) is 0 Å². The molecular formula is C4H7ClNP. The van der Waals surface area contributed by atoms with Gasteiger partial charge in [-0.1, -0.05) is 11.2 Å². The summed E-state index contributed by atoms with van der Waals surface area (Å²) in [6, 6.07) is 2.03. The highest BCUT2D eigenvalue weighted by Crippen LogP contribution is 2.36. The lowest BCUT2D eigenvalue weighted by molar-refractivity contribution is 1.23. The largest absolute Gasteiger partial charge is 0.198 e. The average molecular weight is 136 g/mol. The number of nitrogens with zero attached hydrogens (tertiary/aromatic N) is 1. The first-order valence-corrected chi connectivity index (χ1v) is 4.89. The highest BCUT2D eigenvalue weighted by atomic mass is 35.7. The van der Waals surface area contributed by atoms with E-state index in [9.17, 15) is 0 Å². The van der Waals surface area contributed by atoms with Crippen LogP contribution in [0.2, 0.25) is 0 Å². The number of rotatable bonds is 2. The number of hydrogen-bond donors (Lipinski definition) is 0. The maximum Gasteiger partial charge on any atom is 0.0625 e. The molecule has 0 spiro atoms.